The van der Waals surface area contributed by atoms with Crippen LogP contribution in [0.15, 0.2) is 78.4 Å². The van der Waals surface area contributed by atoms with E-state index in [-0.39, 0.29) is 24.0 Å². The predicted molar refractivity (Wildman–Crippen MR) is 139 cm³/mol. The number of fused-ring (bicyclic) bond motifs is 1. The number of aliphatic hydroxyl groups is 1. The number of nitrogens with one attached hydrogen (secondary N) is 1. The van der Waals surface area contributed by atoms with Crippen molar-refractivity contribution in [3.63, 3.8) is 0 Å². The van der Waals surface area contributed by atoms with Crippen molar-refractivity contribution >= 4 is 27.4 Å². The lowest BCUT2D eigenvalue weighted by Crippen LogP contribution is -2.31. The molecule has 4 N–H and O–H groups in total. The molecular formula is C27H24FN5OS. The van der Waals surface area contributed by atoms with Crippen molar-refractivity contribution in [2.24, 2.45) is 5.73 Å². The number of pyridine rings is 1. The zero-order chi connectivity index (χ0) is 24.2. The average molecular weight is 486 g/mol. The molecule has 3 heterocycles. The van der Waals surface area contributed by atoms with Gasteiger partial charge in [0.15, 0.2) is 11.6 Å². The number of rotatable bonds is 8. The van der Waals surface area contributed by atoms with Crippen LogP contribution in [0.2, 0.25) is 0 Å². The normalized spacial score (nSPS) is 12.1. The number of anilines is 1. The Morgan fingerprint density at radius 1 is 1.00 bits per heavy atom. The van der Waals surface area contributed by atoms with Crippen molar-refractivity contribution in [1.29, 1.82) is 0 Å². The molecule has 0 bridgehead atoms. The highest BCUT2D eigenvalue weighted by molar-refractivity contribution is 7.18. The molecule has 35 heavy (non-hydrogen) atoms. The van der Waals surface area contributed by atoms with Crippen LogP contribution in [0, 0.1) is 5.82 Å². The van der Waals surface area contributed by atoms with Crippen LogP contribution in [-0.4, -0.2) is 32.6 Å². The summed E-state index contributed by atoms with van der Waals surface area (Å²) in [6.45, 7) is 0.441. The minimum Gasteiger partial charge on any atom is -0.392 e. The monoisotopic (exact) mass is 485 g/mol. The summed E-state index contributed by atoms with van der Waals surface area (Å²) in [5, 5.41) is 15.0. The number of aromatic nitrogens is 3. The van der Waals surface area contributed by atoms with Crippen molar-refractivity contribution in [2.45, 2.75) is 19.1 Å². The molecule has 2 aromatic carbocycles. The Kier molecular flexibility index (Phi) is 6.76. The van der Waals surface area contributed by atoms with Crippen LogP contribution in [0.25, 0.3) is 32.7 Å². The molecule has 0 aliphatic heterocycles. The van der Waals surface area contributed by atoms with Gasteiger partial charge in [0.1, 0.15) is 5.82 Å². The predicted octanol–water partition coefficient (Wildman–Crippen LogP) is 5.03. The second-order valence-electron chi connectivity index (χ2n) is 8.27. The molecule has 5 aromatic rings. The zero-order valence-electron chi connectivity index (χ0n) is 18.9. The highest BCUT2D eigenvalue weighted by Gasteiger charge is 2.18. The lowest BCUT2D eigenvalue weighted by molar-refractivity contribution is 0.282. The summed E-state index contributed by atoms with van der Waals surface area (Å²) >= 11 is 1.52. The molecule has 8 heteroatoms. The van der Waals surface area contributed by atoms with Gasteiger partial charge in [-0.2, -0.15) is 0 Å². The number of hydrogen-bond acceptors (Lipinski definition) is 7. The third-order valence-electron chi connectivity index (χ3n) is 5.72. The van der Waals surface area contributed by atoms with Gasteiger partial charge in [0, 0.05) is 29.7 Å². The van der Waals surface area contributed by atoms with Gasteiger partial charge in [0.2, 0.25) is 0 Å². The first-order valence-electron chi connectivity index (χ1n) is 11.2. The highest BCUT2D eigenvalue weighted by Crippen LogP contribution is 2.38. The van der Waals surface area contributed by atoms with E-state index < -0.39 is 5.82 Å². The van der Waals surface area contributed by atoms with Gasteiger partial charge in [-0.05, 0) is 35.2 Å². The maximum absolute atomic E-state index is 14.6. The van der Waals surface area contributed by atoms with Gasteiger partial charge in [-0.3, -0.25) is 4.98 Å². The minimum absolute atomic E-state index is 0.0511. The largest absolute Gasteiger partial charge is 0.392 e. The first kappa shape index (κ1) is 23.0. The first-order valence-corrected chi connectivity index (χ1v) is 12.1. The number of nitrogens with zero attached hydrogens (tertiary/aromatic N) is 3. The molecule has 0 saturated carbocycles. The fraction of sp³-hybridized carbons (Fsp3) is 0.148. The van der Waals surface area contributed by atoms with Gasteiger partial charge in [-0.1, -0.05) is 48.5 Å². The molecule has 0 unspecified atom stereocenters. The second kappa shape index (κ2) is 10.3. The molecular weight excluding hydrogens is 461 g/mol. The Hall–Kier alpha value is -3.72. The summed E-state index contributed by atoms with van der Waals surface area (Å²) in [6.07, 6.45) is 3.40. The maximum atomic E-state index is 14.6. The Bertz CT molecular complexity index is 1460. The maximum Gasteiger partial charge on any atom is 0.165 e. The van der Waals surface area contributed by atoms with Crippen LogP contribution in [0.4, 0.5) is 10.2 Å². The Morgan fingerprint density at radius 2 is 1.83 bits per heavy atom. The molecule has 3 aromatic heterocycles. The van der Waals surface area contributed by atoms with Gasteiger partial charge in [-0.15, -0.1) is 11.3 Å². The van der Waals surface area contributed by atoms with Gasteiger partial charge in [0.25, 0.3) is 0 Å². The number of hydrogen-bond donors (Lipinski definition) is 3. The van der Waals surface area contributed by atoms with E-state index in [2.05, 4.69) is 27.4 Å². The van der Waals surface area contributed by atoms with Crippen molar-refractivity contribution < 1.29 is 9.50 Å². The number of benzene rings is 2. The van der Waals surface area contributed by atoms with E-state index in [0.717, 1.165) is 39.6 Å². The summed E-state index contributed by atoms with van der Waals surface area (Å²) in [6, 6.07) is 19.2. The lowest BCUT2D eigenvalue weighted by Gasteiger charge is -2.15. The van der Waals surface area contributed by atoms with E-state index in [9.17, 15) is 9.50 Å². The van der Waals surface area contributed by atoms with Crippen LogP contribution < -0.4 is 11.1 Å². The molecule has 0 aliphatic carbocycles. The van der Waals surface area contributed by atoms with Crippen LogP contribution in [0.1, 0.15) is 11.1 Å². The fourth-order valence-electron chi connectivity index (χ4n) is 3.97. The topological polar surface area (TPSA) is 97.0 Å². The van der Waals surface area contributed by atoms with Crippen LogP contribution >= 0.6 is 11.3 Å². The molecule has 0 saturated heterocycles. The number of thiophene rings is 1. The third-order valence-corrected chi connectivity index (χ3v) is 6.70. The SMILES string of the molecule is N[C@@H](CNc1nc(-c2ccncc2F)nc2c(-c3cccc(CO)c3)csc12)Cc1ccccc1. The first-order chi connectivity index (χ1) is 17.1. The second-order valence-corrected chi connectivity index (χ2v) is 9.15. The number of halogens is 1. The van der Waals surface area contributed by atoms with Crippen LogP contribution in [-0.2, 0) is 13.0 Å². The molecule has 176 valence electrons. The molecule has 0 spiro atoms. The summed E-state index contributed by atoms with van der Waals surface area (Å²) in [5.74, 6) is 0.395. The zero-order valence-corrected chi connectivity index (χ0v) is 19.7. The van der Waals surface area contributed by atoms with Gasteiger partial charge < -0.3 is 16.2 Å². The fourth-order valence-corrected chi connectivity index (χ4v) is 4.95. The van der Waals surface area contributed by atoms with Crippen molar-refractivity contribution in [1.82, 2.24) is 15.0 Å². The van der Waals surface area contributed by atoms with Gasteiger partial charge in [-0.25, -0.2) is 14.4 Å². The summed E-state index contributed by atoms with van der Waals surface area (Å²) in [4.78, 5) is 13.3. The average Bonchev–Trinajstić information content (AvgIpc) is 3.32. The molecule has 1 atom stereocenters. The van der Waals surface area contributed by atoms with Crippen LogP contribution in [0.5, 0.6) is 0 Å². The van der Waals surface area contributed by atoms with E-state index >= 15 is 0 Å². The van der Waals surface area contributed by atoms with E-state index in [4.69, 9.17) is 10.7 Å². The Balaban J connectivity index is 1.54. The molecule has 5 rings (SSSR count). The van der Waals surface area contributed by atoms with Crippen LogP contribution in [0.3, 0.4) is 0 Å². The van der Waals surface area contributed by atoms with Crippen molar-refractivity contribution in [3.05, 3.63) is 95.4 Å². The summed E-state index contributed by atoms with van der Waals surface area (Å²) in [7, 11) is 0. The Morgan fingerprint density at radius 3 is 2.63 bits per heavy atom. The van der Waals surface area contributed by atoms with E-state index in [1.807, 2.05) is 47.8 Å². The Labute approximate surface area is 206 Å². The number of aliphatic hydroxyl groups excluding tert-OH is 1. The summed E-state index contributed by atoms with van der Waals surface area (Å²) < 4.78 is 15.5. The molecule has 0 radical (unpaired) electrons. The van der Waals surface area contributed by atoms with E-state index in [1.54, 1.807) is 6.07 Å². The van der Waals surface area contributed by atoms with E-state index in [0.29, 0.717) is 17.9 Å². The lowest BCUT2D eigenvalue weighted by atomic mass is 10.0. The van der Waals surface area contributed by atoms with Gasteiger partial charge in [0.05, 0.1) is 28.6 Å². The molecule has 0 aliphatic rings. The summed E-state index contributed by atoms with van der Waals surface area (Å²) in [5.41, 5.74) is 11.2. The highest BCUT2D eigenvalue weighted by atomic mass is 32.1. The number of nitrogens with two attached hydrogens (primary N) is 1. The van der Waals surface area contributed by atoms with Gasteiger partial charge >= 0.3 is 0 Å². The smallest absolute Gasteiger partial charge is 0.165 e. The molecule has 0 fully saturated rings. The molecule has 0 amide bonds. The third kappa shape index (κ3) is 5.05. The quantitative estimate of drug-likeness (QED) is 0.285. The minimum atomic E-state index is -0.488. The van der Waals surface area contributed by atoms with E-state index in [1.165, 1.54) is 17.5 Å². The molecule has 6 nitrogen and oxygen atoms in total. The van der Waals surface area contributed by atoms with Crippen molar-refractivity contribution in [2.75, 3.05) is 11.9 Å². The van der Waals surface area contributed by atoms with Crippen molar-refractivity contribution in [3.8, 4) is 22.5 Å². The standard InChI is InChI=1S/C27H24FN5OS/c28-23-14-30-10-9-21(23)26-32-24-22(19-8-4-7-18(11-19)15-34)16-35-25(24)27(33-26)31-13-20(29)12-17-5-2-1-3-6-17/h1-11,14,16,20,34H,12-13,15,29H2,(H,31,32,33)/t20-/m1/s1.